The minimum Gasteiger partial charge on any atom is -0.481 e. The van der Waals surface area contributed by atoms with E-state index < -0.39 is 29.7 Å². The molecule has 33 heavy (non-hydrogen) atoms. The van der Waals surface area contributed by atoms with Crippen molar-refractivity contribution in [1.29, 1.82) is 0 Å². The first-order valence-electron chi connectivity index (χ1n) is 10.4. The van der Waals surface area contributed by atoms with Crippen LogP contribution in [0, 0.1) is 17.6 Å². The fraction of sp³-hybridized carbons (Fsp3) is 0.304. The Kier molecular flexibility index (Phi) is 7.37. The predicted octanol–water partition coefficient (Wildman–Crippen LogP) is 3.25. The van der Waals surface area contributed by atoms with Gasteiger partial charge in [-0.25, -0.2) is 13.8 Å². The summed E-state index contributed by atoms with van der Waals surface area (Å²) in [6.45, 7) is 3.33. The van der Waals surface area contributed by atoms with E-state index in [9.17, 15) is 23.5 Å². The van der Waals surface area contributed by atoms with Crippen molar-refractivity contribution in [2.24, 2.45) is 13.0 Å². The van der Waals surface area contributed by atoms with Crippen LogP contribution in [0.15, 0.2) is 42.7 Å². The maximum Gasteiger partial charge on any atom is 0.308 e. The Labute approximate surface area is 189 Å². The molecular weight excluding hydrogens is 432 g/mol. The fourth-order valence-corrected chi connectivity index (χ4v) is 3.18. The molecule has 0 saturated heterocycles. The van der Waals surface area contributed by atoms with Crippen molar-refractivity contribution in [3.05, 3.63) is 65.5 Å². The number of hydrogen-bond acceptors (Lipinski definition) is 5. The molecule has 0 bridgehead atoms. The number of rotatable bonds is 9. The van der Waals surface area contributed by atoms with Gasteiger partial charge in [-0.15, -0.1) is 0 Å². The quantitative estimate of drug-likeness (QED) is 0.455. The average molecular weight is 457 g/mol. The van der Waals surface area contributed by atoms with Crippen molar-refractivity contribution < 1.29 is 23.5 Å². The number of aryl methyl sites for hydroxylation is 1. The zero-order valence-corrected chi connectivity index (χ0v) is 18.5. The van der Waals surface area contributed by atoms with E-state index in [2.05, 4.69) is 20.7 Å². The molecule has 1 aromatic carbocycles. The normalized spacial score (nSPS) is 12.8. The van der Waals surface area contributed by atoms with Crippen LogP contribution in [0.1, 0.15) is 29.8 Å². The molecule has 1 amide bonds. The molecule has 0 fully saturated rings. The molecule has 8 nitrogen and oxygen atoms in total. The van der Waals surface area contributed by atoms with Gasteiger partial charge in [-0.3, -0.25) is 14.3 Å². The third-order valence-electron chi connectivity index (χ3n) is 5.29. The summed E-state index contributed by atoms with van der Waals surface area (Å²) in [5, 5.41) is 18.8. The number of nitrogens with zero attached hydrogens (tertiary/aromatic N) is 3. The number of hydrogen-bond donors (Lipinski definition) is 3. The molecule has 1 unspecified atom stereocenters. The molecule has 3 N–H and O–H groups in total. The number of carboxylic acid groups (broad SMARTS) is 1. The van der Waals surface area contributed by atoms with Crippen molar-refractivity contribution in [3.63, 3.8) is 0 Å². The number of carbonyl (C=O) groups excluding carboxylic acids is 1. The van der Waals surface area contributed by atoms with Gasteiger partial charge in [0.2, 0.25) is 0 Å². The minimum atomic E-state index is -1.06. The summed E-state index contributed by atoms with van der Waals surface area (Å²) in [6, 6.07) is 6.49. The van der Waals surface area contributed by atoms with Crippen LogP contribution in [0.25, 0.3) is 11.3 Å². The van der Waals surface area contributed by atoms with Gasteiger partial charge in [0, 0.05) is 31.4 Å². The maximum atomic E-state index is 14.9. The molecule has 0 aliphatic carbocycles. The van der Waals surface area contributed by atoms with Crippen molar-refractivity contribution >= 4 is 17.7 Å². The molecule has 3 rings (SSSR count). The Morgan fingerprint density at radius 1 is 1.21 bits per heavy atom. The lowest BCUT2D eigenvalue weighted by molar-refractivity contribution is -0.141. The Bertz CT molecular complexity index is 1160. The van der Waals surface area contributed by atoms with E-state index in [0.29, 0.717) is 18.5 Å². The van der Waals surface area contributed by atoms with E-state index in [0.717, 1.165) is 11.6 Å². The van der Waals surface area contributed by atoms with Crippen LogP contribution in [0.2, 0.25) is 0 Å². The number of aromatic nitrogens is 3. The molecule has 0 aliphatic heterocycles. The second-order valence-electron chi connectivity index (χ2n) is 7.81. The monoisotopic (exact) mass is 457 g/mol. The molecule has 0 saturated carbocycles. The molecule has 2 heterocycles. The van der Waals surface area contributed by atoms with E-state index >= 15 is 0 Å². The van der Waals surface area contributed by atoms with E-state index in [1.54, 1.807) is 32.3 Å². The van der Waals surface area contributed by atoms with Crippen molar-refractivity contribution in [2.75, 3.05) is 11.9 Å². The van der Waals surface area contributed by atoms with Crippen LogP contribution in [-0.2, 0) is 18.3 Å². The zero-order valence-electron chi connectivity index (χ0n) is 18.5. The number of nitrogens with one attached hydrogen (secondary N) is 2. The maximum absolute atomic E-state index is 14.9. The fourth-order valence-electron chi connectivity index (χ4n) is 3.18. The molecule has 0 radical (unpaired) electrons. The number of carbonyl (C=O) groups is 2. The van der Waals surface area contributed by atoms with Crippen molar-refractivity contribution in [2.45, 2.75) is 26.3 Å². The Balaban J connectivity index is 1.88. The van der Waals surface area contributed by atoms with Crippen LogP contribution >= 0.6 is 0 Å². The average Bonchev–Trinajstić information content (AvgIpc) is 3.19. The number of anilines is 1. The van der Waals surface area contributed by atoms with Gasteiger partial charge in [0.05, 0.1) is 17.7 Å². The van der Waals surface area contributed by atoms with Crippen LogP contribution in [0.3, 0.4) is 0 Å². The Morgan fingerprint density at radius 3 is 2.61 bits per heavy atom. The predicted molar refractivity (Wildman–Crippen MR) is 119 cm³/mol. The first-order valence-corrected chi connectivity index (χ1v) is 10.4. The molecule has 0 aliphatic rings. The highest BCUT2D eigenvalue weighted by Crippen LogP contribution is 2.25. The molecule has 0 spiro atoms. The first kappa shape index (κ1) is 23.8. The van der Waals surface area contributed by atoms with Gasteiger partial charge >= 0.3 is 5.97 Å². The standard InChI is InChI=1S/C23H25F2N5O3/c1-13(23(32)33)14(2)28-22(31)18-10-19(25)20(16-11-27-30(3)12-16)29-21(18)26-8-7-15-5-4-6-17(24)9-15/h4-6,9-14H,7-8H2,1-3H3,(H,26,29)(H,28,31)(H,32,33)/t13-,14?/m1/s1. The molecule has 174 valence electrons. The largest absolute Gasteiger partial charge is 0.481 e. The summed E-state index contributed by atoms with van der Waals surface area (Å²) in [4.78, 5) is 28.4. The van der Waals surface area contributed by atoms with Gasteiger partial charge in [-0.05, 0) is 44.0 Å². The highest BCUT2D eigenvalue weighted by molar-refractivity contribution is 5.99. The van der Waals surface area contributed by atoms with Gasteiger partial charge in [0.25, 0.3) is 5.91 Å². The number of pyridine rings is 1. The molecule has 2 atom stereocenters. The van der Waals surface area contributed by atoms with Crippen LogP contribution in [-0.4, -0.2) is 44.3 Å². The minimum absolute atomic E-state index is 0.0138. The van der Waals surface area contributed by atoms with Gasteiger partial charge in [0.1, 0.15) is 17.3 Å². The molecule has 2 aromatic heterocycles. The van der Waals surface area contributed by atoms with Crippen molar-refractivity contribution in [3.8, 4) is 11.3 Å². The summed E-state index contributed by atoms with van der Waals surface area (Å²) in [6.07, 6.45) is 3.49. The van der Waals surface area contributed by atoms with Gasteiger partial charge < -0.3 is 15.7 Å². The second-order valence-corrected chi connectivity index (χ2v) is 7.81. The highest BCUT2D eigenvalue weighted by atomic mass is 19.1. The molecular formula is C23H25F2N5O3. The van der Waals surface area contributed by atoms with E-state index in [4.69, 9.17) is 0 Å². The van der Waals surface area contributed by atoms with Crippen LogP contribution < -0.4 is 10.6 Å². The van der Waals surface area contributed by atoms with E-state index in [1.807, 2.05) is 0 Å². The van der Waals surface area contributed by atoms with Gasteiger partial charge in [0.15, 0.2) is 5.82 Å². The van der Waals surface area contributed by atoms with E-state index in [-0.39, 0.29) is 22.9 Å². The topological polar surface area (TPSA) is 109 Å². The Morgan fingerprint density at radius 2 is 1.97 bits per heavy atom. The Hall–Kier alpha value is -3.82. The van der Waals surface area contributed by atoms with E-state index in [1.165, 1.54) is 29.9 Å². The molecule has 10 heteroatoms. The third kappa shape index (κ3) is 5.91. The summed E-state index contributed by atoms with van der Waals surface area (Å²) < 4.78 is 29.8. The number of carboxylic acids is 1. The number of amides is 1. The smallest absolute Gasteiger partial charge is 0.308 e. The summed E-state index contributed by atoms with van der Waals surface area (Å²) in [5.41, 5.74) is 1.12. The summed E-state index contributed by atoms with van der Waals surface area (Å²) >= 11 is 0. The number of aliphatic carboxylic acids is 1. The zero-order chi connectivity index (χ0) is 24.1. The number of halogens is 2. The van der Waals surface area contributed by atoms with Crippen LogP contribution in [0.5, 0.6) is 0 Å². The first-order chi connectivity index (χ1) is 15.7. The van der Waals surface area contributed by atoms with Gasteiger partial charge in [-0.2, -0.15) is 5.10 Å². The van der Waals surface area contributed by atoms with Gasteiger partial charge in [-0.1, -0.05) is 12.1 Å². The lowest BCUT2D eigenvalue weighted by Crippen LogP contribution is -2.40. The summed E-state index contributed by atoms with van der Waals surface area (Å²) in [5.74, 6) is -3.51. The summed E-state index contributed by atoms with van der Waals surface area (Å²) in [7, 11) is 1.69. The lowest BCUT2D eigenvalue weighted by Gasteiger charge is -2.19. The lowest BCUT2D eigenvalue weighted by atomic mass is 10.0. The number of benzene rings is 1. The molecule has 3 aromatic rings. The van der Waals surface area contributed by atoms with Crippen LogP contribution in [0.4, 0.5) is 14.6 Å². The SMILES string of the molecule is CC(NC(=O)c1cc(F)c(-c2cnn(C)c2)nc1NCCc1cccc(F)c1)[C@@H](C)C(=O)O. The third-order valence-corrected chi connectivity index (χ3v) is 5.29. The highest BCUT2D eigenvalue weighted by Gasteiger charge is 2.24. The second kappa shape index (κ2) is 10.2. The van der Waals surface area contributed by atoms with Crippen molar-refractivity contribution in [1.82, 2.24) is 20.1 Å².